The summed E-state index contributed by atoms with van der Waals surface area (Å²) in [6.07, 6.45) is 0.579. The van der Waals surface area contributed by atoms with Crippen LogP contribution in [-0.2, 0) is 19.3 Å². The van der Waals surface area contributed by atoms with Gasteiger partial charge in [-0.3, -0.25) is 4.18 Å². The summed E-state index contributed by atoms with van der Waals surface area (Å²) in [5.41, 5.74) is 0. The van der Waals surface area contributed by atoms with Crippen LogP contribution in [0, 0.1) is 0 Å². The van der Waals surface area contributed by atoms with Crippen molar-refractivity contribution in [3.63, 3.8) is 0 Å². The molecule has 0 N–H and O–H groups in total. The molecule has 1 unspecified atom stereocenters. The summed E-state index contributed by atoms with van der Waals surface area (Å²) in [7, 11) is -3.60. The van der Waals surface area contributed by atoms with Gasteiger partial charge in [-0.2, -0.15) is 0 Å². The van der Waals surface area contributed by atoms with Crippen LogP contribution in [-0.4, -0.2) is 63.5 Å². The van der Waals surface area contributed by atoms with Crippen molar-refractivity contribution < 1.29 is 26.4 Å². The van der Waals surface area contributed by atoms with E-state index < -0.39 is 10.4 Å². The molecule has 1 atom stereocenters. The maximum absolute atomic E-state index is 9.22. The number of hydrogen-bond acceptors (Lipinski definition) is 5. The molecule has 1 heterocycles. The van der Waals surface area contributed by atoms with Crippen LogP contribution in [0.25, 0.3) is 0 Å². The van der Waals surface area contributed by atoms with E-state index in [2.05, 4.69) is 25.0 Å². The monoisotopic (exact) mass is 269 g/mol. The average molecular weight is 269 g/mol. The number of nitrogens with zero attached hydrogens (tertiary/aromatic N) is 1. The Morgan fingerprint density at radius 1 is 1.29 bits per heavy atom. The van der Waals surface area contributed by atoms with Crippen molar-refractivity contribution in [1.29, 1.82) is 0 Å². The molecule has 0 radical (unpaired) electrons. The van der Waals surface area contributed by atoms with E-state index in [-0.39, 0.29) is 0 Å². The Kier molecular flexibility index (Phi) is 7.18. The first-order valence-corrected chi connectivity index (χ1v) is 7.14. The molecule has 17 heavy (non-hydrogen) atoms. The lowest BCUT2D eigenvalue weighted by molar-refractivity contribution is -0.923. The van der Waals surface area contributed by atoms with E-state index >= 15 is 0 Å². The Morgan fingerprint density at radius 2 is 1.65 bits per heavy atom. The zero-order valence-electron chi connectivity index (χ0n) is 11.0. The Labute approximate surface area is 104 Å². The van der Waals surface area contributed by atoms with Gasteiger partial charge >= 0.3 is 0 Å². The van der Waals surface area contributed by atoms with Crippen LogP contribution in [0.4, 0.5) is 0 Å². The molecule has 0 aromatic rings. The Bertz CT molecular complexity index is 288. The van der Waals surface area contributed by atoms with Gasteiger partial charge in [0.25, 0.3) is 0 Å². The highest BCUT2D eigenvalue weighted by molar-refractivity contribution is 7.80. The van der Waals surface area contributed by atoms with Crippen molar-refractivity contribution in [3.05, 3.63) is 0 Å². The predicted octanol–water partition coefficient (Wildman–Crippen LogP) is 0.355. The largest absolute Gasteiger partial charge is 0.726 e. The van der Waals surface area contributed by atoms with Crippen molar-refractivity contribution in [2.45, 2.75) is 26.9 Å². The summed E-state index contributed by atoms with van der Waals surface area (Å²) in [6, 6.07) is 0. The number of epoxide rings is 1. The number of rotatable bonds is 6. The third kappa shape index (κ3) is 7.67. The fourth-order valence-corrected chi connectivity index (χ4v) is 1.66. The van der Waals surface area contributed by atoms with E-state index in [4.69, 9.17) is 4.74 Å². The average Bonchev–Trinajstić information content (AvgIpc) is 3.10. The van der Waals surface area contributed by atoms with E-state index in [0.29, 0.717) is 6.10 Å². The van der Waals surface area contributed by atoms with Crippen LogP contribution < -0.4 is 0 Å². The van der Waals surface area contributed by atoms with Crippen LogP contribution in [0.15, 0.2) is 0 Å². The van der Waals surface area contributed by atoms with Crippen LogP contribution in [0.5, 0.6) is 0 Å². The molecule has 1 fully saturated rings. The molecule has 104 valence electrons. The summed E-state index contributed by atoms with van der Waals surface area (Å²) in [5.74, 6) is 0. The quantitative estimate of drug-likeness (QED) is 0.301. The molecule has 0 bridgehead atoms. The molecule has 6 nitrogen and oxygen atoms in total. The third-order valence-electron chi connectivity index (χ3n) is 3.21. The van der Waals surface area contributed by atoms with Gasteiger partial charge < -0.3 is 13.8 Å². The van der Waals surface area contributed by atoms with Gasteiger partial charge in [-0.25, -0.2) is 8.42 Å². The lowest BCUT2D eigenvalue weighted by Gasteiger charge is -2.35. The molecule has 1 aliphatic heterocycles. The molecule has 0 aliphatic carbocycles. The molecule has 1 aliphatic rings. The highest BCUT2D eigenvalue weighted by atomic mass is 32.3. The summed E-state index contributed by atoms with van der Waals surface area (Å²) in [5, 5.41) is 0. The minimum absolute atomic E-state index is 0.579. The molecule has 7 heteroatoms. The molecule has 1 rings (SSSR count). The maximum Gasteiger partial charge on any atom is 0.217 e. The molecule has 0 aromatic carbocycles. The fraction of sp³-hybridized carbons (Fsp3) is 1.00. The normalized spacial score (nSPS) is 19.5. The summed E-state index contributed by atoms with van der Waals surface area (Å²) >= 11 is 0. The predicted molar refractivity (Wildman–Crippen MR) is 63.2 cm³/mol. The van der Waals surface area contributed by atoms with Gasteiger partial charge in [0.2, 0.25) is 10.4 Å². The van der Waals surface area contributed by atoms with Gasteiger partial charge in [-0.05, 0) is 20.8 Å². The second-order valence-corrected chi connectivity index (χ2v) is 5.15. The molecular weight excluding hydrogens is 246 g/mol. The van der Waals surface area contributed by atoms with E-state index in [1.165, 1.54) is 30.7 Å². The topological polar surface area (TPSA) is 79.0 Å². The number of likely N-dealkylation sites (N-methyl/N-ethyl adjacent to an activating group) is 1. The van der Waals surface area contributed by atoms with Crippen molar-refractivity contribution in [3.8, 4) is 0 Å². The molecular formula is C10H23NO5S. The van der Waals surface area contributed by atoms with E-state index in [9.17, 15) is 13.0 Å². The minimum atomic E-state index is -4.41. The lowest BCUT2D eigenvalue weighted by Crippen LogP contribution is -2.49. The van der Waals surface area contributed by atoms with E-state index in [0.717, 1.165) is 13.7 Å². The first kappa shape index (κ1) is 16.8. The minimum Gasteiger partial charge on any atom is -0.726 e. The first-order chi connectivity index (χ1) is 7.82. The zero-order valence-corrected chi connectivity index (χ0v) is 11.8. The Balaban J connectivity index is 0.000000366. The standard InChI is InChI=1S/C9H20NO.CH4O4S/c1-4-10(5-2,6-3)7-9-8-11-9;1-5-6(2,3)4/h9H,4-8H2,1-3H3;1H3,(H,2,3,4)/q+1;/p-1. The number of ether oxygens (including phenoxy) is 1. The van der Waals surface area contributed by atoms with Crippen LogP contribution in [0.2, 0.25) is 0 Å². The molecule has 0 aromatic heterocycles. The fourth-order valence-electron chi connectivity index (χ4n) is 1.66. The van der Waals surface area contributed by atoms with E-state index in [1.807, 2.05) is 0 Å². The van der Waals surface area contributed by atoms with Gasteiger partial charge in [0, 0.05) is 0 Å². The third-order valence-corrected chi connectivity index (χ3v) is 3.62. The van der Waals surface area contributed by atoms with Crippen molar-refractivity contribution >= 4 is 10.4 Å². The van der Waals surface area contributed by atoms with Gasteiger partial charge in [0.05, 0.1) is 33.4 Å². The summed E-state index contributed by atoms with van der Waals surface area (Å²) in [6.45, 7) is 12.8. The summed E-state index contributed by atoms with van der Waals surface area (Å²) < 4.78 is 37.5. The number of hydrogen-bond donors (Lipinski definition) is 0. The van der Waals surface area contributed by atoms with Gasteiger partial charge in [-0.15, -0.1) is 0 Å². The highest BCUT2D eigenvalue weighted by Gasteiger charge is 2.33. The second kappa shape index (κ2) is 7.27. The second-order valence-electron chi connectivity index (χ2n) is 4.00. The Morgan fingerprint density at radius 3 is 1.82 bits per heavy atom. The summed E-state index contributed by atoms with van der Waals surface area (Å²) in [4.78, 5) is 0. The zero-order chi connectivity index (χ0) is 13.5. The van der Waals surface area contributed by atoms with Gasteiger partial charge in [0.1, 0.15) is 12.6 Å². The van der Waals surface area contributed by atoms with Crippen molar-refractivity contribution in [1.82, 2.24) is 0 Å². The van der Waals surface area contributed by atoms with Crippen molar-refractivity contribution in [2.24, 2.45) is 0 Å². The molecule has 0 spiro atoms. The molecule has 1 saturated heterocycles. The van der Waals surface area contributed by atoms with Crippen LogP contribution in [0.3, 0.4) is 0 Å². The van der Waals surface area contributed by atoms with Crippen LogP contribution >= 0.6 is 0 Å². The van der Waals surface area contributed by atoms with Gasteiger partial charge in [-0.1, -0.05) is 0 Å². The van der Waals surface area contributed by atoms with Crippen LogP contribution in [0.1, 0.15) is 20.8 Å². The maximum atomic E-state index is 9.22. The smallest absolute Gasteiger partial charge is 0.217 e. The highest BCUT2D eigenvalue weighted by Crippen LogP contribution is 2.16. The Hall–Kier alpha value is -0.210. The SMILES string of the molecule is CC[N+](CC)(CC)CC1CO1.COS(=O)(=O)[O-]. The number of quaternary nitrogens is 1. The molecule has 0 saturated carbocycles. The first-order valence-electron chi connectivity index (χ1n) is 5.80. The van der Waals surface area contributed by atoms with E-state index in [1.54, 1.807) is 0 Å². The lowest BCUT2D eigenvalue weighted by atomic mass is 10.3. The molecule has 0 amide bonds. The van der Waals surface area contributed by atoms with Crippen molar-refractivity contribution in [2.75, 3.05) is 39.9 Å². The van der Waals surface area contributed by atoms with Gasteiger partial charge in [0.15, 0.2) is 0 Å².